The summed E-state index contributed by atoms with van der Waals surface area (Å²) < 4.78 is 0. The van der Waals surface area contributed by atoms with Crippen molar-refractivity contribution in [2.75, 3.05) is 24.5 Å². The maximum absolute atomic E-state index is 12.3. The highest BCUT2D eigenvalue weighted by molar-refractivity contribution is 5.92. The van der Waals surface area contributed by atoms with Gasteiger partial charge in [0.05, 0.1) is 0 Å². The molecule has 1 aromatic heterocycles. The molecule has 1 amide bonds. The van der Waals surface area contributed by atoms with E-state index in [4.69, 9.17) is 0 Å². The number of carbonyl (C=O) groups is 1. The van der Waals surface area contributed by atoms with Crippen LogP contribution in [-0.4, -0.2) is 35.5 Å². The third kappa shape index (κ3) is 5.78. The molecule has 0 radical (unpaired) electrons. The monoisotopic (exact) mass is 366 g/mol. The fraction of sp³-hybridized carbons (Fsp3) is 0.500. The summed E-state index contributed by atoms with van der Waals surface area (Å²) in [5.74, 6) is 2.03. The number of piperidine rings is 1. The Balaban J connectivity index is 1.53. The minimum Gasteiger partial charge on any atom is -0.356 e. The quantitative estimate of drug-likeness (QED) is 0.811. The van der Waals surface area contributed by atoms with E-state index < -0.39 is 0 Å². The van der Waals surface area contributed by atoms with E-state index in [9.17, 15) is 4.79 Å². The standard InChI is InChI=1S/C22H30N4O/c1-17(2)8-11-23-22(27)20-15-21(25-16-24-20)26-12-9-19(10-13-26)14-18-6-4-3-5-7-18/h3-7,15-17,19H,8-14H2,1-2H3,(H,23,27). The Kier molecular flexibility index (Phi) is 6.80. The molecule has 1 N–H and O–H groups in total. The van der Waals surface area contributed by atoms with Gasteiger partial charge in [0.25, 0.3) is 5.91 Å². The first-order valence-corrected chi connectivity index (χ1v) is 10.0. The van der Waals surface area contributed by atoms with E-state index in [-0.39, 0.29) is 5.91 Å². The van der Waals surface area contributed by atoms with Crippen LogP contribution < -0.4 is 10.2 Å². The zero-order valence-electron chi connectivity index (χ0n) is 16.4. The Morgan fingerprint density at radius 1 is 1.19 bits per heavy atom. The molecule has 5 nitrogen and oxygen atoms in total. The molecule has 1 aromatic carbocycles. The highest BCUT2D eigenvalue weighted by atomic mass is 16.1. The van der Waals surface area contributed by atoms with Crippen molar-refractivity contribution in [1.29, 1.82) is 0 Å². The van der Waals surface area contributed by atoms with Gasteiger partial charge in [-0.1, -0.05) is 44.2 Å². The average molecular weight is 367 g/mol. The minimum absolute atomic E-state index is 0.113. The average Bonchev–Trinajstić information content (AvgIpc) is 2.69. The number of hydrogen-bond donors (Lipinski definition) is 1. The number of aromatic nitrogens is 2. The van der Waals surface area contributed by atoms with Crippen molar-refractivity contribution in [1.82, 2.24) is 15.3 Å². The molecular weight excluding hydrogens is 336 g/mol. The zero-order chi connectivity index (χ0) is 19.1. The van der Waals surface area contributed by atoms with Crippen molar-refractivity contribution in [3.8, 4) is 0 Å². The molecule has 2 heterocycles. The molecule has 0 aliphatic carbocycles. The molecule has 5 heteroatoms. The number of hydrogen-bond acceptors (Lipinski definition) is 4. The van der Waals surface area contributed by atoms with E-state index >= 15 is 0 Å². The number of nitrogens with one attached hydrogen (secondary N) is 1. The summed E-state index contributed by atoms with van der Waals surface area (Å²) in [6, 6.07) is 12.5. The van der Waals surface area contributed by atoms with Gasteiger partial charge in [0.15, 0.2) is 0 Å². The van der Waals surface area contributed by atoms with Gasteiger partial charge in [-0.3, -0.25) is 4.79 Å². The van der Waals surface area contributed by atoms with Gasteiger partial charge in [-0.15, -0.1) is 0 Å². The summed E-state index contributed by atoms with van der Waals surface area (Å²) in [7, 11) is 0. The Morgan fingerprint density at radius 3 is 2.63 bits per heavy atom. The lowest BCUT2D eigenvalue weighted by Gasteiger charge is -2.33. The summed E-state index contributed by atoms with van der Waals surface area (Å²) >= 11 is 0. The first-order chi connectivity index (χ1) is 13.1. The minimum atomic E-state index is -0.113. The number of nitrogens with zero attached hydrogens (tertiary/aromatic N) is 3. The second kappa shape index (κ2) is 9.49. The Bertz CT molecular complexity index is 724. The van der Waals surface area contributed by atoms with Gasteiger partial charge >= 0.3 is 0 Å². The predicted octanol–water partition coefficient (Wildman–Crippen LogP) is 3.71. The molecule has 3 rings (SSSR count). The largest absolute Gasteiger partial charge is 0.356 e. The Hall–Kier alpha value is -2.43. The van der Waals surface area contributed by atoms with Crippen molar-refractivity contribution in [2.24, 2.45) is 11.8 Å². The molecule has 0 unspecified atom stereocenters. The van der Waals surface area contributed by atoms with Crippen molar-refractivity contribution >= 4 is 11.7 Å². The van der Waals surface area contributed by atoms with Crippen LogP contribution in [-0.2, 0) is 6.42 Å². The maximum Gasteiger partial charge on any atom is 0.270 e. The lowest BCUT2D eigenvalue weighted by atomic mass is 9.90. The zero-order valence-corrected chi connectivity index (χ0v) is 16.4. The molecule has 0 saturated carbocycles. The van der Waals surface area contributed by atoms with Crippen LogP contribution in [0, 0.1) is 11.8 Å². The second-order valence-electron chi connectivity index (χ2n) is 7.82. The molecule has 1 saturated heterocycles. The number of benzene rings is 1. The molecule has 0 atom stereocenters. The van der Waals surface area contributed by atoms with Gasteiger partial charge in [0, 0.05) is 25.7 Å². The van der Waals surface area contributed by atoms with E-state index in [0.29, 0.717) is 24.1 Å². The fourth-order valence-corrected chi connectivity index (χ4v) is 3.52. The summed E-state index contributed by atoms with van der Waals surface area (Å²) in [6.07, 6.45) is 5.91. The Labute approximate surface area is 162 Å². The number of rotatable bonds is 7. The van der Waals surface area contributed by atoms with Crippen molar-refractivity contribution in [2.45, 2.75) is 39.5 Å². The molecular formula is C22H30N4O. The van der Waals surface area contributed by atoms with Crippen LogP contribution in [0.2, 0.25) is 0 Å². The number of amides is 1. The van der Waals surface area contributed by atoms with Crippen molar-refractivity contribution < 1.29 is 4.79 Å². The highest BCUT2D eigenvalue weighted by Gasteiger charge is 2.21. The van der Waals surface area contributed by atoms with Gasteiger partial charge in [-0.2, -0.15) is 0 Å². The van der Waals surface area contributed by atoms with E-state index in [2.05, 4.69) is 64.4 Å². The summed E-state index contributed by atoms with van der Waals surface area (Å²) in [4.78, 5) is 23.1. The molecule has 27 heavy (non-hydrogen) atoms. The molecule has 1 aliphatic rings. The molecule has 0 spiro atoms. The second-order valence-corrected chi connectivity index (χ2v) is 7.82. The van der Waals surface area contributed by atoms with Gasteiger partial charge in [0.2, 0.25) is 0 Å². The van der Waals surface area contributed by atoms with Crippen LogP contribution in [0.25, 0.3) is 0 Å². The van der Waals surface area contributed by atoms with Crippen LogP contribution in [0.1, 0.15) is 49.2 Å². The number of carbonyl (C=O) groups excluding carboxylic acids is 1. The SMILES string of the molecule is CC(C)CCNC(=O)c1cc(N2CCC(Cc3ccccc3)CC2)ncn1. The molecule has 1 fully saturated rings. The van der Waals surface area contributed by atoms with Gasteiger partial charge < -0.3 is 10.2 Å². The van der Waals surface area contributed by atoms with Gasteiger partial charge in [-0.05, 0) is 43.1 Å². The maximum atomic E-state index is 12.3. The Morgan fingerprint density at radius 2 is 1.93 bits per heavy atom. The third-order valence-electron chi connectivity index (χ3n) is 5.20. The van der Waals surface area contributed by atoms with Crippen LogP contribution in [0.4, 0.5) is 5.82 Å². The smallest absolute Gasteiger partial charge is 0.270 e. The third-order valence-corrected chi connectivity index (χ3v) is 5.20. The lowest BCUT2D eigenvalue weighted by molar-refractivity contribution is 0.0947. The number of anilines is 1. The summed E-state index contributed by atoms with van der Waals surface area (Å²) in [5.41, 5.74) is 1.87. The van der Waals surface area contributed by atoms with Crippen LogP contribution >= 0.6 is 0 Å². The van der Waals surface area contributed by atoms with Crippen LogP contribution in [0.5, 0.6) is 0 Å². The lowest BCUT2D eigenvalue weighted by Crippen LogP contribution is -2.35. The van der Waals surface area contributed by atoms with E-state index in [1.165, 1.54) is 11.9 Å². The van der Waals surface area contributed by atoms with Gasteiger partial charge in [0.1, 0.15) is 17.8 Å². The van der Waals surface area contributed by atoms with E-state index in [1.54, 1.807) is 0 Å². The highest BCUT2D eigenvalue weighted by Crippen LogP contribution is 2.24. The first kappa shape index (κ1) is 19.3. The van der Waals surface area contributed by atoms with Gasteiger partial charge in [-0.25, -0.2) is 9.97 Å². The fourth-order valence-electron chi connectivity index (χ4n) is 3.52. The van der Waals surface area contributed by atoms with Crippen LogP contribution in [0.3, 0.4) is 0 Å². The van der Waals surface area contributed by atoms with Crippen molar-refractivity contribution in [3.05, 3.63) is 54.0 Å². The predicted molar refractivity (Wildman–Crippen MR) is 109 cm³/mol. The topological polar surface area (TPSA) is 58.1 Å². The van der Waals surface area contributed by atoms with E-state index in [1.807, 2.05) is 6.07 Å². The molecule has 144 valence electrons. The molecule has 1 aliphatic heterocycles. The first-order valence-electron chi connectivity index (χ1n) is 10.0. The van der Waals surface area contributed by atoms with Crippen LogP contribution in [0.15, 0.2) is 42.7 Å². The van der Waals surface area contributed by atoms with Crippen molar-refractivity contribution in [3.63, 3.8) is 0 Å². The molecule has 0 bridgehead atoms. The normalized spacial score (nSPS) is 15.1. The summed E-state index contributed by atoms with van der Waals surface area (Å²) in [6.45, 7) is 6.93. The van der Waals surface area contributed by atoms with E-state index in [0.717, 1.165) is 44.6 Å². The molecule has 2 aromatic rings. The summed E-state index contributed by atoms with van der Waals surface area (Å²) in [5, 5.41) is 2.95.